The van der Waals surface area contributed by atoms with Gasteiger partial charge in [0.15, 0.2) is 17.2 Å². The number of methoxy groups -OCH3 is 3. The molecule has 0 radical (unpaired) electrons. The van der Waals surface area contributed by atoms with Gasteiger partial charge in [0.2, 0.25) is 5.75 Å². The van der Waals surface area contributed by atoms with E-state index in [1.807, 2.05) is 62.4 Å². The molecule has 2 atom stereocenters. The second kappa shape index (κ2) is 15.6. The van der Waals surface area contributed by atoms with E-state index in [-0.39, 0.29) is 29.5 Å². The van der Waals surface area contributed by atoms with Gasteiger partial charge in [0.1, 0.15) is 17.6 Å². The molecule has 1 aromatic heterocycles. The van der Waals surface area contributed by atoms with Gasteiger partial charge in [0, 0.05) is 31.5 Å². The SMILES string of the molecule is CC[C@H](CC(=O)c1nccc(OC)c1OC(C)=O)C(=O)O[C@@H](C)C(Cc1ccc(OC)cc1)Cc1ccc(OC)cc1. The van der Waals surface area contributed by atoms with Crippen LogP contribution < -0.4 is 18.9 Å². The van der Waals surface area contributed by atoms with E-state index in [1.165, 1.54) is 26.3 Å². The van der Waals surface area contributed by atoms with E-state index < -0.39 is 29.7 Å². The number of Topliss-reactive ketones (excluding diaryl/α,β-unsaturated/α-hetero) is 1. The summed E-state index contributed by atoms with van der Waals surface area (Å²) in [4.78, 5) is 42.4. The average Bonchev–Trinajstić information content (AvgIpc) is 2.99. The zero-order valence-corrected chi connectivity index (χ0v) is 25.0. The van der Waals surface area contributed by atoms with Crippen molar-refractivity contribution in [3.05, 3.63) is 77.6 Å². The third-order valence-corrected chi connectivity index (χ3v) is 7.14. The zero-order valence-electron chi connectivity index (χ0n) is 25.0. The molecule has 0 aliphatic rings. The molecule has 9 nitrogen and oxygen atoms in total. The largest absolute Gasteiger partial charge is 0.497 e. The Morgan fingerprint density at radius 1 is 0.810 bits per heavy atom. The van der Waals surface area contributed by atoms with Crippen LogP contribution in [-0.2, 0) is 27.2 Å². The lowest BCUT2D eigenvalue weighted by molar-refractivity contribution is -0.156. The Labute approximate surface area is 247 Å². The molecule has 3 aromatic rings. The van der Waals surface area contributed by atoms with Crippen LogP contribution in [0.3, 0.4) is 0 Å². The fourth-order valence-electron chi connectivity index (χ4n) is 4.66. The minimum Gasteiger partial charge on any atom is -0.497 e. The first-order chi connectivity index (χ1) is 20.2. The van der Waals surface area contributed by atoms with Crippen molar-refractivity contribution in [1.82, 2.24) is 4.98 Å². The highest BCUT2D eigenvalue weighted by Gasteiger charge is 2.30. The van der Waals surface area contributed by atoms with Crippen LogP contribution in [0.15, 0.2) is 60.8 Å². The molecule has 42 heavy (non-hydrogen) atoms. The summed E-state index contributed by atoms with van der Waals surface area (Å²) >= 11 is 0. The van der Waals surface area contributed by atoms with E-state index in [4.69, 9.17) is 23.7 Å². The first-order valence-corrected chi connectivity index (χ1v) is 13.9. The summed E-state index contributed by atoms with van der Waals surface area (Å²) in [6, 6.07) is 17.1. The number of ether oxygens (including phenoxy) is 5. The lowest BCUT2D eigenvalue weighted by atomic mass is 9.88. The predicted octanol–water partition coefficient (Wildman–Crippen LogP) is 5.67. The fourth-order valence-corrected chi connectivity index (χ4v) is 4.66. The van der Waals surface area contributed by atoms with Gasteiger partial charge >= 0.3 is 11.9 Å². The van der Waals surface area contributed by atoms with Crippen molar-refractivity contribution in [2.75, 3.05) is 21.3 Å². The standard InChI is InChI=1S/C33H39NO8/c1-7-25(20-29(36)31-32(42-22(3)35)30(40-6)16-17-34-31)33(37)41-21(2)26(18-23-8-12-27(38-4)13-9-23)19-24-10-14-28(39-5)15-11-24/h8-17,21,25-26H,7,18-20H2,1-6H3/t21-,25+/m0/s1. The average molecular weight is 578 g/mol. The number of esters is 2. The van der Waals surface area contributed by atoms with Gasteiger partial charge in [0.05, 0.1) is 27.2 Å². The number of pyridine rings is 1. The van der Waals surface area contributed by atoms with Crippen LogP contribution in [0, 0.1) is 11.8 Å². The van der Waals surface area contributed by atoms with Gasteiger partial charge in [-0.15, -0.1) is 0 Å². The fraction of sp³-hybridized carbons (Fsp3) is 0.394. The van der Waals surface area contributed by atoms with E-state index >= 15 is 0 Å². The summed E-state index contributed by atoms with van der Waals surface area (Å²) < 4.78 is 27.0. The van der Waals surface area contributed by atoms with Crippen molar-refractivity contribution < 1.29 is 38.1 Å². The van der Waals surface area contributed by atoms with Gasteiger partial charge in [-0.1, -0.05) is 31.2 Å². The number of carbonyl (C=O) groups is 3. The molecule has 0 fully saturated rings. The van der Waals surface area contributed by atoms with Crippen LogP contribution in [0.2, 0.25) is 0 Å². The Morgan fingerprint density at radius 2 is 1.36 bits per heavy atom. The van der Waals surface area contributed by atoms with E-state index in [0.29, 0.717) is 19.3 Å². The molecule has 0 amide bonds. The topological polar surface area (TPSA) is 110 Å². The third-order valence-electron chi connectivity index (χ3n) is 7.14. The van der Waals surface area contributed by atoms with Crippen LogP contribution in [0.25, 0.3) is 0 Å². The molecule has 1 heterocycles. The smallest absolute Gasteiger partial charge is 0.309 e. The summed E-state index contributed by atoms with van der Waals surface area (Å²) in [7, 11) is 4.65. The second-order valence-corrected chi connectivity index (χ2v) is 10.0. The van der Waals surface area contributed by atoms with Crippen LogP contribution in [-0.4, -0.2) is 50.1 Å². The molecule has 224 valence electrons. The van der Waals surface area contributed by atoms with Gasteiger partial charge in [-0.3, -0.25) is 14.4 Å². The Balaban J connectivity index is 1.77. The molecular weight excluding hydrogens is 538 g/mol. The van der Waals surface area contributed by atoms with Crippen molar-refractivity contribution in [2.24, 2.45) is 11.8 Å². The minimum absolute atomic E-state index is 0.0421. The van der Waals surface area contributed by atoms with Crippen molar-refractivity contribution in [3.8, 4) is 23.0 Å². The highest BCUT2D eigenvalue weighted by atomic mass is 16.6. The summed E-state index contributed by atoms with van der Waals surface area (Å²) in [5.74, 6) is -0.610. The van der Waals surface area contributed by atoms with Gasteiger partial charge in [0.25, 0.3) is 0 Å². The number of hydrogen-bond donors (Lipinski definition) is 0. The van der Waals surface area contributed by atoms with Crippen LogP contribution in [0.4, 0.5) is 0 Å². The number of aromatic nitrogens is 1. The van der Waals surface area contributed by atoms with Crippen LogP contribution in [0.5, 0.6) is 23.0 Å². The lowest BCUT2D eigenvalue weighted by Gasteiger charge is -2.26. The van der Waals surface area contributed by atoms with Gasteiger partial charge < -0.3 is 23.7 Å². The molecule has 0 unspecified atom stereocenters. The van der Waals surface area contributed by atoms with Gasteiger partial charge in [-0.05, 0) is 61.6 Å². The van der Waals surface area contributed by atoms with Crippen molar-refractivity contribution in [1.29, 1.82) is 0 Å². The van der Waals surface area contributed by atoms with Crippen molar-refractivity contribution in [3.63, 3.8) is 0 Å². The minimum atomic E-state index is -0.708. The first kappa shape index (κ1) is 32.1. The number of ketones is 1. The van der Waals surface area contributed by atoms with E-state index in [0.717, 1.165) is 22.6 Å². The normalized spacial score (nSPS) is 12.3. The molecule has 9 heteroatoms. The monoisotopic (exact) mass is 577 g/mol. The maximum absolute atomic E-state index is 13.4. The lowest BCUT2D eigenvalue weighted by Crippen LogP contribution is -2.31. The highest BCUT2D eigenvalue weighted by molar-refractivity contribution is 6.00. The second-order valence-electron chi connectivity index (χ2n) is 10.0. The summed E-state index contributed by atoms with van der Waals surface area (Å²) in [5.41, 5.74) is 2.10. The Hall–Kier alpha value is -4.40. The number of nitrogens with zero attached hydrogens (tertiary/aromatic N) is 1. The Bertz CT molecular complexity index is 1290. The Kier molecular flexibility index (Phi) is 11.9. The van der Waals surface area contributed by atoms with Crippen molar-refractivity contribution >= 4 is 17.7 Å². The molecule has 3 rings (SSSR count). The summed E-state index contributed by atoms with van der Waals surface area (Å²) in [5, 5.41) is 0. The van der Waals surface area contributed by atoms with Gasteiger partial charge in [-0.2, -0.15) is 0 Å². The summed E-state index contributed by atoms with van der Waals surface area (Å²) in [6.07, 6.45) is 2.50. The zero-order chi connectivity index (χ0) is 30.6. The van der Waals surface area contributed by atoms with Gasteiger partial charge in [-0.25, -0.2) is 4.98 Å². The maximum atomic E-state index is 13.4. The molecular formula is C33H39NO8. The maximum Gasteiger partial charge on any atom is 0.309 e. The molecule has 0 aliphatic carbocycles. The summed E-state index contributed by atoms with van der Waals surface area (Å²) in [6.45, 7) is 4.93. The van der Waals surface area contributed by atoms with Crippen LogP contribution in [0.1, 0.15) is 55.2 Å². The van der Waals surface area contributed by atoms with E-state index in [2.05, 4.69) is 4.98 Å². The van der Waals surface area contributed by atoms with E-state index in [1.54, 1.807) is 14.2 Å². The first-order valence-electron chi connectivity index (χ1n) is 13.9. The molecule has 0 saturated heterocycles. The molecule has 2 aromatic carbocycles. The van der Waals surface area contributed by atoms with Crippen molar-refractivity contribution in [2.45, 2.75) is 52.6 Å². The number of benzene rings is 2. The third kappa shape index (κ3) is 8.80. The molecule has 0 N–H and O–H groups in total. The highest BCUT2D eigenvalue weighted by Crippen LogP contribution is 2.32. The van der Waals surface area contributed by atoms with E-state index in [9.17, 15) is 14.4 Å². The molecule has 0 aliphatic heterocycles. The predicted molar refractivity (Wildman–Crippen MR) is 157 cm³/mol. The molecule has 0 spiro atoms. The molecule has 0 saturated carbocycles. The quantitative estimate of drug-likeness (QED) is 0.167. The molecule has 0 bridgehead atoms. The van der Waals surface area contributed by atoms with Crippen LogP contribution >= 0.6 is 0 Å². The number of rotatable bonds is 15. The Morgan fingerprint density at radius 3 is 1.81 bits per heavy atom. The number of hydrogen-bond acceptors (Lipinski definition) is 9. The number of carbonyl (C=O) groups excluding carboxylic acids is 3.